The Morgan fingerprint density at radius 1 is 1.30 bits per heavy atom. The molecule has 0 amide bonds. The van der Waals surface area contributed by atoms with Gasteiger partial charge in [0.1, 0.15) is 5.75 Å². The number of hydrazine groups is 1. The monoisotopic (exact) mass is 274 g/mol. The van der Waals surface area contributed by atoms with Crippen LogP contribution in [0.5, 0.6) is 5.75 Å². The van der Waals surface area contributed by atoms with Gasteiger partial charge in [0.15, 0.2) is 0 Å². The third-order valence-corrected chi connectivity index (χ3v) is 3.25. The number of hydrogen-bond acceptors (Lipinski definition) is 4. The van der Waals surface area contributed by atoms with Gasteiger partial charge in [0, 0.05) is 19.3 Å². The maximum atomic E-state index is 5.68. The van der Waals surface area contributed by atoms with E-state index in [1.54, 1.807) is 0 Å². The fourth-order valence-electron chi connectivity index (χ4n) is 2.09. The normalized spacial score (nSPS) is 12.3. The average molecular weight is 274 g/mol. The summed E-state index contributed by atoms with van der Waals surface area (Å²) in [5.74, 6) is 6.49. The molecule has 2 rings (SSSR count). The molecular formula is C15H22N4O. The Hall–Kier alpha value is -1.85. The number of aryl methyl sites for hydroxylation is 2. The molecule has 0 aliphatic rings. The average Bonchev–Trinajstić information content (AvgIpc) is 2.89. The van der Waals surface area contributed by atoms with Crippen LogP contribution in [0.3, 0.4) is 0 Å². The molecule has 1 aromatic carbocycles. The molecule has 2 aromatic rings. The van der Waals surface area contributed by atoms with E-state index in [0.717, 1.165) is 25.0 Å². The Morgan fingerprint density at radius 3 is 2.75 bits per heavy atom. The number of aromatic nitrogens is 2. The molecule has 1 unspecified atom stereocenters. The van der Waals surface area contributed by atoms with E-state index in [1.807, 2.05) is 54.5 Å². The zero-order valence-corrected chi connectivity index (χ0v) is 11.8. The van der Waals surface area contributed by atoms with Gasteiger partial charge in [-0.3, -0.25) is 16.0 Å². The molecule has 0 saturated carbocycles. The van der Waals surface area contributed by atoms with E-state index in [2.05, 4.69) is 10.5 Å². The zero-order chi connectivity index (χ0) is 14.2. The summed E-state index contributed by atoms with van der Waals surface area (Å²) < 4.78 is 7.50. The number of para-hydroxylation sites is 1. The molecule has 0 spiro atoms. The number of hydrogen-bond donors (Lipinski definition) is 2. The van der Waals surface area contributed by atoms with Crippen LogP contribution in [0.1, 0.15) is 18.4 Å². The molecule has 0 aliphatic carbocycles. The number of nitrogens with zero attached hydrogens (tertiary/aromatic N) is 2. The Kier molecular flexibility index (Phi) is 5.58. The van der Waals surface area contributed by atoms with Crippen molar-refractivity contribution in [2.24, 2.45) is 12.9 Å². The van der Waals surface area contributed by atoms with Gasteiger partial charge in [-0.2, -0.15) is 5.10 Å². The van der Waals surface area contributed by atoms with E-state index in [0.29, 0.717) is 6.61 Å². The lowest BCUT2D eigenvalue weighted by atomic mass is 10.1. The van der Waals surface area contributed by atoms with Crippen molar-refractivity contribution >= 4 is 0 Å². The molecule has 0 bridgehead atoms. The Bertz CT molecular complexity index is 498. The minimum Gasteiger partial charge on any atom is -0.494 e. The predicted molar refractivity (Wildman–Crippen MR) is 79.2 cm³/mol. The van der Waals surface area contributed by atoms with Gasteiger partial charge >= 0.3 is 0 Å². The number of nitrogens with two attached hydrogens (primary N) is 1. The number of nitrogens with one attached hydrogen (secondary N) is 1. The summed E-state index contributed by atoms with van der Waals surface area (Å²) in [5.41, 5.74) is 4.09. The van der Waals surface area contributed by atoms with Gasteiger partial charge in [-0.25, -0.2) is 0 Å². The van der Waals surface area contributed by atoms with E-state index >= 15 is 0 Å². The van der Waals surface area contributed by atoms with Crippen LogP contribution in [-0.4, -0.2) is 22.4 Å². The summed E-state index contributed by atoms with van der Waals surface area (Å²) in [6.45, 7) is 0.659. The quantitative estimate of drug-likeness (QED) is 0.567. The van der Waals surface area contributed by atoms with E-state index in [-0.39, 0.29) is 6.04 Å². The fourth-order valence-corrected chi connectivity index (χ4v) is 2.09. The van der Waals surface area contributed by atoms with Crippen molar-refractivity contribution in [3.05, 3.63) is 48.3 Å². The predicted octanol–water partition coefficient (Wildman–Crippen LogP) is 1.65. The highest BCUT2D eigenvalue weighted by molar-refractivity contribution is 5.20. The maximum absolute atomic E-state index is 5.68. The zero-order valence-electron chi connectivity index (χ0n) is 11.8. The second-order valence-corrected chi connectivity index (χ2v) is 4.87. The third-order valence-electron chi connectivity index (χ3n) is 3.25. The van der Waals surface area contributed by atoms with Crippen LogP contribution in [0, 0.1) is 0 Å². The number of ether oxygens (including phenoxy) is 1. The minimum atomic E-state index is 0.249. The van der Waals surface area contributed by atoms with Crippen LogP contribution in [0.25, 0.3) is 0 Å². The molecule has 0 radical (unpaired) electrons. The van der Waals surface area contributed by atoms with Crippen LogP contribution in [-0.2, 0) is 13.5 Å². The van der Waals surface area contributed by atoms with Crippen molar-refractivity contribution in [2.45, 2.75) is 25.3 Å². The van der Waals surface area contributed by atoms with Crippen molar-refractivity contribution < 1.29 is 4.74 Å². The van der Waals surface area contributed by atoms with Gasteiger partial charge in [-0.15, -0.1) is 0 Å². The van der Waals surface area contributed by atoms with E-state index in [4.69, 9.17) is 10.6 Å². The molecule has 0 aliphatic heterocycles. The SMILES string of the molecule is Cn1cc(CCC(CCOc2ccccc2)NN)cn1. The maximum Gasteiger partial charge on any atom is 0.119 e. The van der Waals surface area contributed by atoms with Gasteiger partial charge < -0.3 is 4.74 Å². The summed E-state index contributed by atoms with van der Waals surface area (Å²) in [7, 11) is 1.93. The molecule has 5 nitrogen and oxygen atoms in total. The second-order valence-electron chi connectivity index (χ2n) is 4.87. The van der Waals surface area contributed by atoms with Crippen molar-refractivity contribution in [3.8, 4) is 5.75 Å². The van der Waals surface area contributed by atoms with Crippen LogP contribution < -0.4 is 16.0 Å². The molecule has 3 N–H and O–H groups in total. The number of benzene rings is 1. The molecule has 1 atom stereocenters. The van der Waals surface area contributed by atoms with Crippen molar-refractivity contribution in [3.63, 3.8) is 0 Å². The standard InChI is InChI=1S/C15H22N4O/c1-19-12-13(11-17-19)7-8-14(18-16)9-10-20-15-5-3-2-4-6-15/h2-6,11-12,14,18H,7-10,16H2,1H3. The van der Waals surface area contributed by atoms with E-state index in [1.165, 1.54) is 5.56 Å². The van der Waals surface area contributed by atoms with Crippen molar-refractivity contribution in [2.75, 3.05) is 6.61 Å². The summed E-state index contributed by atoms with van der Waals surface area (Å²) in [6.07, 6.45) is 6.75. The smallest absolute Gasteiger partial charge is 0.119 e. The first kappa shape index (κ1) is 14.6. The van der Waals surface area contributed by atoms with Crippen molar-refractivity contribution in [1.82, 2.24) is 15.2 Å². The van der Waals surface area contributed by atoms with Crippen LogP contribution in [0.2, 0.25) is 0 Å². The highest BCUT2D eigenvalue weighted by atomic mass is 16.5. The second kappa shape index (κ2) is 7.67. The minimum absolute atomic E-state index is 0.249. The fraction of sp³-hybridized carbons (Fsp3) is 0.400. The molecule has 0 saturated heterocycles. The highest BCUT2D eigenvalue weighted by Gasteiger charge is 2.08. The summed E-state index contributed by atoms with van der Waals surface area (Å²) in [6, 6.07) is 10.1. The molecule has 5 heteroatoms. The topological polar surface area (TPSA) is 65.1 Å². The van der Waals surface area contributed by atoms with E-state index < -0.39 is 0 Å². The van der Waals surface area contributed by atoms with Crippen LogP contribution in [0.4, 0.5) is 0 Å². The Labute approximate surface area is 119 Å². The first-order chi connectivity index (χ1) is 9.78. The number of rotatable bonds is 8. The highest BCUT2D eigenvalue weighted by Crippen LogP contribution is 2.10. The summed E-state index contributed by atoms with van der Waals surface area (Å²) in [4.78, 5) is 0. The van der Waals surface area contributed by atoms with Gasteiger partial charge in [-0.05, 0) is 37.0 Å². The van der Waals surface area contributed by atoms with Gasteiger partial charge in [-0.1, -0.05) is 18.2 Å². The van der Waals surface area contributed by atoms with Gasteiger partial charge in [0.05, 0.1) is 12.8 Å². The lowest BCUT2D eigenvalue weighted by molar-refractivity contribution is 0.281. The lowest BCUT2D eigenvalue weighted by Gasteiger charge is -2.15. The third kappa shape index (κ3) is 4.68. The van der Waals surface area contributed by atoms with E-state index in [9.17, 15) is 0 Å². The molecule has 1 heterocycles. The van der Waals surface area contributed by atoms with Crippen LogP contribution in [0.15, 0.2) is 42.7 Å². The molecular weight excluding hydrogens is 252 g/mol. The first-order valence-electron chi connectivity index (χ1n) is 6.89. The van der Waals surface area contributed by atoms with Crippen LogP contribution >= 0.6 is 0 Å². The summed E-state index contributed by atoms with van der Waals surface area (Å²) >= 11 is 0. The van der Waals surface area contributed by atoms with Crippen molar-refractivity contribution in [1.29, 1.82) is 0 Å². The Morgan fingerprint density at radius 2 is 2.10 bits per heavy atom. The largest absolute Gasteiger partial charge is 0.494 e. The Balaban J connectivity index is 1.69. The van der Waals surface area contributed by atoms with Gasteiger partial charge in [0.25, 0.3) is 0 Å². The molecule has 20 heavy (non-hydrogen) atoms. The molecule has 0 fully saturated rings. The summed E-state index contributed by atoms with van der Waals surface area (Å²) in [5, 5.41) is 4.16. The first-order valence-corrected chi connectivity index (χ1v) is 6.89. The molecule has 1 aromatic heterocycles. The molecule has 108 valence electrons. The van der Waals surface area contributed by atoms with Gasteiger partial charge in [0.2, 0.25) is 0 Å². The lowest BCUT2D eigenvalue weighted by Crippen LogP contribution is -2.36.